The molecule has 7 nitrogen and oxygen atoms in total. The molecular formula is C25H26N6O. The van der Waals surface area contributed by atoms with E-state index in [0.29, 0.717) is 0 Å². The van der Waals surface area contributed by atoms with Gasteiger partial charge in [-0.1, -0.05) is 31.2 Å². The fourth-order valence-electron chi connectivity index (χ4n) is 3.80. The predicted octanol–water partition coefficient (Wildman–Crippen LogP) is 5.22. The molecule has 0 aliphatic carbocycles. The summed E-state index contributed by atoms with van der Waals surface area (Å²) in [5.74, 6) is 1.86. The van der Waals surface area contributed by atoms with Crippen molar-refractivity contribution in [2.75, 3.05) is 5.32 Å². The van der Waals surface area contributed by atoms with Crippen molar-refractivity contribution in [1.82, 2.24) is 24.7 Å². The van der Waals surface area contributed by atoms with E-state index in [-0.39, 0.29) is 0 Å². The van der Waals surface area contributed by atoms with Crippen LogP contribution in [0.2, 0.25) is 0 Å². The molecule has 1 aromatic carbocycles. The van der Waals surface area contributed by atoms with Crippen molar-refractivity contribution in [2.24, 2.45) is 0 Å². The molecule has 0 saturated carbocycles. The van der Waals surface area contributed by atoms with Crippen molar-refractivity contribution < 1.29 is 4.42 Å². The molecule has 0 aliphatic heterocycles. The van der Waals surface area contributed by atoms with E-state index >= 15 is 0 Å². The van der Waals surface area contributed by atoms with Crippen molar-refractivity contribution in [3.63, 3.8) is 0 Å². The van der Waals surface area contributed by atoms with Gasteiger partial charge in [0.25, 0.3) is 0 Å². The lowest BCUT2D eigenvalue weighted by molar-refractivity contribution is 0.507. The average molecular weight is 427 g/mol. The first-order chi connectivity index (χ1) is 15.8. The maximum absolute atomic E-state index is 5.41. The second-order valence-electron chi connectivity index (χ2n) is 7.86. The van der Waals surface area contributed by atoms with Gasteiger partial charge in [-0.15, -0.1) is 0 Å². The summed E-state index contributed by atoms with van der Waals surface area (Å²) in [6.45, 7) is 3.82. The predicted molar refractivity (Wildman–Crippen MR) is 125 cm³/mol. The van der Waals surface area contributed by atoms with Crippen LogP contribution in [0.5, 0.6) is 0 Å². The number of nitrogens with zero attached hydrogens (tertiary/aromatic N) is 4. The van der Waals surface area contributed by atoms with Gasteiger partial charge in [0, 0.05) is 43.9 Å². The normalized spacial score (nSPS) is 11.3. The van der Waals surface area contributed by atoms with Crippen molar-refractivity contribution >= 4 is 16.9 Å². The summed E-state index contributed by atoms with van der Waals surface area (Å²) in [7, 11) is 0. The van der Waals surface area contributed by atoms with Crippen molar-refractivity contribution in [2.45, 2.75) is 39.3 Å². The molecule has 0 fully saturated rings. The fourth-order valence-corrected chi connectivity index (χ4v) is 3.80. The molecule has 0 bridgehead atoms. The van der Waals surface area contributed by atoms with E-state index in [1.807, 2.05) is 29.1 Å². The molecule has 0 amide bonds. The van der Waals surface area contributed by atoms with Crippen LogP contribution < -0.4 is 5.32 Å². The van der Waals surface area contributed by atoms with E-state index in [1.165, 1.54) is 11.1 Å². The molecule has 0 aliphatic rings. The highest BCUT2D eigenvalue weighted by Crippen LogP contribution is 2.22. The van der Waals surface area contributed by atoms with E-state index in [1.54, 1.807) is 12.5 Å². The Balaban J connectivity index is 1.25. The third-order valence-corrected chi connectivity index (χ3v) is 5.49. The maximum atomic E-state index is 5.41. The summed E-state index contributed by atoms with van der Waals surface area (Å²) in [5, 5.41) is 7.94. The highest BCUT2D eigenvalue weighted by atomic mass is 16.3. The van der Waals surface area contributed by atoms with Gasteiger partial charge >= 0.3 is 0 Å². The average Bonchev–Trinajstić information content (AvgIpc) is 3.57. The molecule has 0 radical (unpaired) electrons. The molecule has 0 saturated heterocycles. The zero-order valence-corrected chi connectivity index (χ0v) is 18.1. The number of aryl methyl sites for hydroxylation is 3. The number of hydrogen-bond acceptors (Lipinski definition) is 5. The Kier molecular flexibility index (Phi) is 5.70. The van der Waals surface area contributed by atoms with E-state index in [9.17, 15) is 0 Å². The Morgan fingerprint density at radius 3 is 2.78 bits per heavy atom. The number of nitrogens with one attached hydrogen (secondary N) is 2. The highest BCUT2D eigenvalue weighted by molar-refractivity contribution is 5.85. The van der Waals surface area contributed by atoms with Crippen molar-refractivity contribution in [3.8, 4) is 11.1 Å². The van der Waals surface area contributed by atoms with Gasteiger partial charge in [-0.05, 0) is 35.7 Å². The van der Waals surface area contributed by atoms with Gasteiger partial charge in [0.2, 0.25) is 0 Å². The number of rotatable bonds is 9. The lowest BCUT2D eigenvalue weighted by Crippen LogP contribution is -2.00. The first-order valence-electron chi connectivity index (χ1n) is 11.0. The van der Waals surface area contributed by atoms with Crippen LogP contribution in [0.15, 0.2) is 71.7 Å². The van der Waals surface area contributed by atoms with Gasteiger partial charge < -0.3 is 14.7 Å². The van der Waals surface area contributed by atoms with Crippen LogP contribution in [-0.4, -0.2) is 24.7 Å². The third-order valence-electron chi connectivity index (χ3n) is 5.49. The topological polar surface area (TPSA) is 84.6 Å². The zero-order valence-electron chi connectivity index (χ0n) is 18.1. The second kappa shape index (κ2) is 9.09. The van der Waals surface area contributed by atoms with Gasteiger partial charge in [-0.2, -0.15) is 5.10 Å². The van der Waals surface area contributed by atoms with E-state index in [2.05, 4.69) is 62.8 Å². The van der Waals surface area contributed by atoms with E-state index in [0.717, 1.165) is 66.4 Å². The minimum atomic E-state index is 0.717. The van der Waals surface area contributed by atoms with Crippen LogP contribution >= 0.6 is 0 Å². The Hall–Kier alpha value is -3.87. The van der Waals surface area contributed by atoms with Crippen LogP contribution in [0, 0.1) is 0 Å². The number of furan rings is 1. The number of aromatic amines is 1. The quantitative estimate of drug-likeness (QED) is 0.337. The third kappa shape index (κ3) is 4.42. The van der Waals surface area contributed by atoms with Gasteiger partial charge in [0.15, 0.2) is 5.65 Å². The monoisotopic (exact) mass is 426 g/mol. The lowest BCUT2D eigenvalue weighted by Gasteiger charge is -2.08. The van der Waals surface area contributed by atoms with E-state index < -0.39 is 0 Å². The van der Waals surface area contributed by atoms with Crippen LogP contribution in [0.1, 0.15) is 30.5 Å². The minimum Gasteiger partial charge on any atom is -0.469 e. The second-order valence-corrected chi connectivity index (χ2v) is 7.86. The standard InChI is InChI=1S/C25H26N6O/c1-2-13-31-17-20(16-28-31)19-7-5-18(6-8-19)15-27-22-11-12-26-25-24(22)29-23(30-25)10-9-21-4-3-14-32-21/h3-8,11-12,14,16-17H,2,9-10,13,15H2,1H3,(H2,26,27,29,30). The maximum Gasteiger partial charge on any atom is 0.179 e. The number of fused-ring (bicyclic) bond motifs is 1. The Morgan fingerprint density at radius 1 is 1.06 bits per heavy atom. The first-order valence-corrected chi connectivity index (χ1v) is 11.0. The molecular weight excluding hydrogens is 400 g/mol. The summed E-state index contributed by atoms with van der Waals surface area (Å²) in [4.78, 5) is 12.5. The largest absolute Gasteiger partial charge is 0.469 e. The highest BCUT2D eigenvalue weighted by Gasteiger charge is 2.09. The molecule has 5 aromatic rings. The van der Waals surface area contributed by atoms with Crippen LogP contribution in [0.3, 0.4) is 0 Å². The Bertz CT molecular complexity index is 1280. The van der Waals surface area contributed by atoms with Gasteiger partial charge in [0.05, 0.1) is 18.1 Å². The summed E-state index contributed by atoms with van der Waals surface area (Å²) in [5.41, 5.74) is 6.19. The van der Waals surface area contributed by atoms with Gasteiger partial charge in [-0.25, -0.2) is 9.97 Å². The van der Waals surface area contributed by atoms with Gasteiger partial charge in [0.1, 0.15) is 17.1 Å². The molecule has 2 N–H and O–H groups in total. The molecule has 0 atom stereocenters. The number of imidazole rings is 1. The Morgan fingerprint density at radius 2 is 1.97 bits per heavy atom. The zero-order chi connectivity index (χ0) is 21.8. The number of H-pyrrole nitrogens is 1. The van der Waals surface area contributed by atoms with Gasteiger partial charge in [-0.3, -0.25) is 4.68 Å². The summed E-state index contributed by atoms with van der Waals surface area (Å²) < 4.78 is 7.41. The summed E-state index contributed by atoms with van der Waals surface area (Å²) in [6, 6.07) is 14.5. The fraction of sp³-hybridized carbons (Fsp3) is 0.240. The summed E-state index contributed by atoms with van der Waals surface area (Å²) >= 11 is 0. The molecule has 7 heteroatoms. The number of pyridine rings is 1. The van der Waals surface area contributed by atoms with Crippen LogP contribution in [-0.2, 0) is 25.9 Å². The minimum absolute atomic E-state index is 0.717. The molecule has 162 valence electrons. The number of anilines is 1. The first kappa shape index (κ1) is 20.1. The summed E-state index contributed by atoms with van der Waals surface area (Å²) in [6.07, 6.45) is 10.2. The molecule has 32 heavy (non-hydrogen) atoms. The molecule has 4 heterocycles. The van der Waals surface area contributed by atoms with Crippen molar-refractivity contribution in [1.29, 1.82) is 0 Å². The lowest BCUT2D eigenvalue weighted by atomic mass is 10.1. The molecule has 0 unspecified atom stereocenters. The van der Waals surface area contributed by atoms with Crippen molar-refractivity contribution in [3.05, 3.63) is 84.5 Å². The number of hydrogen-bond donors (Lipinski definition) is 2. The molecule has 5 rings (SSSR count). The molecule has 4 aromatic heterocycles. The SMILES string of the molecule is CCCn1cc(-c2ccc(CNc3ccnc4nc(CCc5ccco5)[nH]c34)cc2)cn1. The number of benzene rings is 1. The number of aromatic nitrogens is 5. The smallest absolute Gasteiger partial charge is 0.179 e. The molecule has 0 spiro atoms. The van der Waals surface area contributed by atoms with Crippen LogP contribution in [0.25, 0.3) is 22.3 Å². The van der Waals surface area contributed by atoms with E-state index in [4.69, 9.17) is 4.42 Å². The van der Waals surface area contributed by atoms with Crippen LogP contribution in [0.4, 0.5) is 5.69 Å². The Labute approximate surface area is 186 Å².